The molecule has 13 heavy (non-hydrogen) atoms. The quantitative estimate of drug-likeness (QED) is 0.666. The average Bonchev–Trinajstić information content (AvgIpc) is 2.92. The summed E-state index contributed by atoms with van der Waals surface area (Å²) in [6.07, 6.45) is 6.42. The van der Waals surface area contributed by atoms with Gasteiger partial charge in [-0.25, -0.2) is 0 Å². The zero-order chi connectivity index (χ0) is 9.10. The Morgan fingerprint density at radius 3 is 2.08 bits per heavy atom. The van der Waals surface area contributed by atoms with Crippen LogP contribution in [0.15, 0.2) is 0 Å². The molecule has 0 heterocycles. The fourth-order valence-corrected chi connectivity index (χ4v) is 1.85. The number of carbonyl (C=O) groups is 1. The van der Waals surface area contributed by atoms with Crippen LogP contribution in [0.3, 0.4) is 0 Å². The Bertz CT molecular complexity index is 175. The number of ether oxygens (including phenoxy) is 1. The molecule has 0 aromatic heterocycles. The monoisotopic (exact) mass is 182 g/mol. The van der Waals surface area contributed by atoms with E-state index < -0.39 is 0 Å². The van der Waals surface area contributed by atoms with E-state index >= 15 is 0 Å². The maximum Gasteiger partial charge on any atom is 0.132 e. The highest BCUT2D eigenvalue weighted by atomic mass is 16.5. The van der Waals surface area contributed by atoms with Crippen LogP contribution in [-0.4, -0.2) is 19.0 Å². The van der Waals surface area contributed by atoms with E-state index in [1.165, 1.54) is 12.8 Å². The van der Waals surface area contributed by atoms with Gasteiger partial charge in [0, 0.05) is 26.1 Å². The zero-order valence-electron chi connectivity index (χ0n) is 8.13. The second kappa shape index (κ2) is 4.23. The lowest BCUT2D eigenvalue weighted by molar-refractivity contribution is -0.121. The van der Waals surface area contributed by atoms with Crippen molar-refractivity contribution in [2.24, 2.45) is 11.8 Å². The van der Waals surface area contributed by atoms with Crippen LogP contribution < -0.4 is 0 Å². The maximum absolute atomic E-state index is 11.0. The topological polar surface area (TPSA) is 26.3 Å². The van der Waals surface area contributed by atoms with Crippen LogP contribution in [0.4, 0.5) is 0 Å². The highest BCUT2D eigenvalue weighted by Gasteiger charge is 2.23. The van der Waals surface area contributed by atoms with Crippen LogP contribution in [0, 0.1) is 11.8 Å². The van der Waals surface area contributed by atoms with E-state index in [1.807, 2.05) is 0 Å². The number of carbonyl (C=O) groups excluding carboxylic acids is 1. The van der Waals surface area contributed by atoms with Crippen LogP contribution in [0.1, 0.15) is 38.5 Å². The van der Waals surface area contributed by atoms with Gasteiger partial charge in [-0.3, -0.25) is 4.79 Å². The summed E-state index contributed by atoms with van der Waals surface area (Å²) >= 11 is 0. The number of ketones is 1. The SMILES string of the molecule is O=C1CCC(COCC2CC2)CC1. The molecule has 0 amide bonds. The fraction of sp³-hybridized carbons (Fsp3) is 0.909. The molecule has 2 nitrogen and oxygen atoms in total. The third-order valence-corrected chi connectivity index (χ3v) is 3.07. The Morgan fingerprint density at radius 2 is 1.54 bits per heavy atom. The molecule has 0 unspecified atom stereocenters. The van der Waals surface area contributed by atoms with E-state index in [0.717, 1.165) is 44.8 Å². The molecule has 0 aliphatic heterocycles. The average molecular weight is 182 g/mol. The summed E-state index contributed by atoms with van der Waals surface area (Å²) in [6, 6.07) is 0. The third-order valence-electron chi connectivity index (χ3n) is 3.07. The van der Waals surface area contributed by atoms with Gasteiger partial charge in [0.25, 0.3) is 0 Å². The standard InChI is InChI=1S/C11H18O2/c12-11-5-3-10(4-6-11)8-13-7-9-1-2-9/h9-10H,1-8H2. The molecular weight excluding hydrogens is 164 g/mol. The van der Waals surface area contributed by atoms with Crippen LogP contribution in [0.2, 0.25) is 0 Å². The van der Waals surface area contributed by atoms with E-state index in [4.69, 9.17) is 4.74 Å². The molecule has 0 radical (unpaired) electrons. The maximum atomic E-state index is 11.0. The predicted molar refractivity (Wildman–Crippen MR) is 50.5 cm³/mol. The normalized spacial score (nSPS) is 25.1. The summed E-state index contributed by atoms with van der Waals surface area (Å²) in [5.41, 5.74) is 0. The lowest BCUT2D eigenvalue weighted by Crippen LogP contribution is -2.18. The van der Waals surface area contributed by atoms with Crippen molar-refractivity contribution in [2.45, 2.75) is 38.5 Å². The first-order valence-corrected chi connectivity index (χ1v) is 5.44. The van der Waals surface area contributed by atoms with E-state index in [2.05, 4.69) is 0 Å². The van der Waals surface area contributed by atoms with E-state index in [0.29, 0.717) is 11.7 Å². The number of Topliss-reactive ketones (excluding diaryl/α,β-unsaturated/α-hetero) is 1. The van der Waals surface area contributed by atoms with Crippen molar-refractivity contribution in [1.29, 1.82) is 0 Å². The first-order chi connectivity index (χ1) is 6.34. The van der Waals surface area contributed by atoms with Crippen LogP contribution in [-0.2, 0) is 9.53 Å². The molecule has 0 saturated heterocycles. The molecule has 0 bridgehead atoms. The molecule has 74 valence electrons. The van der Waals surface area contributed by atoms with Gasteiger partial charge in [0.05, 0.1) is 0 Å². The van der Waals surface area contributed by atoms with Crippen molar-refractivity contribution in [3.63, 3.8) is 0 Å². The van der Waals surface area contributed by atoms with Crippen molar-refractivity contribution in [3.05, 3.63) is 0 Å². The smallest absolute Gasteiger partial charge is 0.132 e. The molecule has 2 aliphatic carbocycles. The van der Waals surface area contributed by atoms with Crippen molar-refractivity contribution in [3.8, 4) is 0 Å². The van der Waals surface area contributed by atoms with Gasteiger partial charge in [0.2, 0.25) is 0 Å². The van der Waals surface area contributed by atoms with Crippen molar-refractivity contribution >= 4 is 5.78 Å². The highest BCUT2D eigenvalue weighted by molar-refractivity contribution is 5.78. The first kappa shape index (κ1) is 9.20. The van der Waals surface area contributed by atoms with Gasteiger partial charge >= 0.3 is 0 Å². The summed E-state index contributed by atoms with van der Waals surface area (Å²) in [5.74, 6) is 1.97. The minimum atomic E-state index is 0.443. The minimum Gasteiger partial charge on any atom is -0.381 e. The van der Waals surface area contributed by atoms with Crippen LogP contribution >= 0.6 is 0 Å². The van der Waals surface area contributed by atoms with Gasteiger partial charge in [-0.2, -0.15) is 0 Å². The van der Waals surface area contributed by atoms with E-state index in [1.54, 1.807) is 0 Å². The molecule has 0 N–H and O–H groups in total. The molecule has 2 fully saturated rings. The van der Waals surface area contributed by atoms with Gasteiger partial charge in [0.1, 0.15) is 5.78 Å². The van der Waals surface area contributed by atoms with Crippen LogP contribution in [0.5, 0.6) is 0 Å². The molecule has 0 aromatic carbocycles. The largest absolute Gasteiger partial charge is 0.381 e. The summed E-state index contributed by atoms with van der Waals surface area (Å²) in [6.45, 7) is 1.86. The molecule has 2 saturated carbocycles. The number of rotatable bonds is 4. The Kier molecular flexibility index (Phi) is 2.99. The van der Waals surface area contributed by atoms with Gasteiger partial charge in [-0.05, 0) is 37.5 Å². The van der Waals surface area contributed by atoms with Gasteiger partial charge < -0.3 is 4.74 Å². The number of hydrogen-bond acceptors (Lipinski definition) is 2. The van der Waals surface area contributed by atoms with Crippen molar-refractivity contribution in [2.75, 3.05) is 13.2 Å². The van der Waals surface area contributed by atoms with Gasteiger partial charge in [-0.15, -0.1) is 0 Å². The first-order valence-electron chi connectivity index (χ1n) is 5.44. The highest BCUT2D eigenvalue weighted by Crippen LogP contribution is 2.29. The van der Waals surface area contributed by atoms with Crippen molar-refractivity contribution < 1.29 is 9.53 Å². The second-order valence-corrected chi connectivity index (χ2v) is 4.46. The lowest BCUT2D eigenvalue weighted by atomic mass is 9.89. The summed E-state index contributed by atoms with van der Waals surface area (Å²) in [4.78, 5) is 11.0. The fourth-order valence-electron chi connectivity index (χ4n) is 1.85. The number of hydrogen-bond donors (Lipinski definition) is 0. The Morgan fingerprint density at radius 1 is 1.00 bits per heavy atom. The van der Waals surface area contributed by atoms with Crippen LogP contribution in [0.25, 0.3) is 0 Å². The molecule has 2 aliphatic rings. The summed E-state index contributed by atoms with van der Waals surface area (Å²) in [7, 11) is 0. The Labute approximate surface area is 79.7 Å². The third kappa shape index (κ3) is 3.11. The molecule has 0 atom stereocenters. The summed E-state index contributed by atoms with van der Waals surface area (Å²) in [5, 5.41) is 0. The molecule has 2 heteroatoms. The Hall–Kier alpha value is -0.370. The molecule has 2 rings (SSSR count). The van der Waals surface area contributed by atoms with Crippen molar-refractivity contribution in [1.82, 2.24) is 0 Å². The molecule has 0 aromatic rings. The molecule has 0 spiro atoms. The van der Waals surface area contributed by atoms with Gasteiger partial charge in [-0.1, -0.05) is 0 Å². The molecular formula is C11H18O2. The lowest BCUT2D eigenvalue weighted by Gasteiger charge is -2.20. The Balaban J connectivity index is 1.56. The minimum absolute atomic E-state index is 0.443. The zero-order valence-corrected chi connectivity index (χ0v) is 8.13. The summed E-state index contributed by atoms with van der Waals surface area (Å²) < 4.78 is 5.62. The predicted octanol–water partition coefficient (Wildman–Crippen LogP) is 2.17. The van der Waals surface area contributed by atoms with Gasteiger partial charge in [0.15, 0.2) is 0 Å². The van der Waals surface area contributed by atoms with E-state index in [9.17, 15) is 4.79 Å². The van der Waals surface area contributed by atoms with E-state index in [-0.39, 0.29) is 0 Å². The second-order valence-electron chi connectivity index (χ2n) is 4.46.